The zero-order valence-corrected chi connectivity index (χ0v) is 23.8. The van der Waals surface area contributed by atoms with E-state index in [2.05, 4.69) is 120 Å². The first kappa shape index (κ1) is 26.3. The van der Waals surface area contributed by atoms with Crippen molar-refractivity contribution in [2.75, 3.05) is 6.61 Å². The van der Waals surface area contributed by atoms with Gasteiger partial charge in [-0.15, -0.1) is 0 Å². The molecule has 1 aliphatic rings. The van der Waals surface area contributed by atoms with Gasteiger partial charge in [0.15, 0.2) is 0 Å². The summed E-state index contributed by atoms with van der Waals surface area (Å²) >= 11 is 0. The molecule has 0 spiro atoms. The molecule has 0 saturated heterocycles. The quantitative estimate of drug-likeness (QED) is 0.184. The first-order valence-electron chi connectivity index (χ1n) is 14.4. The number of hydrogen-bond acceptors (Lipinski definition) is 1. The van der Waals surface area contributed by atoms with E-state index in [9.17, 15) is 0 Å². The maximum atomic E-state index is 6.16. The summed E-state index contributed by atoms with van der Waals surface area (Å²) < 4.78 is 6.16. The highest BCUT2D eigenvalue weighted by atomic mass is 16.5. The van der Waals surface area contributed by atoms with Gasteiger partial charge in [-0.25, -0.2) is 0 Å². The van der Waals surface area contributed by atoms with Crippen molar-refractivity contribution in [1.82, 2.24) is 0 Å². The maximum absolute atomic E-state index is 6.16. The number of fused-ring (bicyclic) bond motifs is 3. The van der Waals surface area contributed by atoms with Gasteiger partial charge in [-0.05, 0) is 88.7 Å². The number of ether oxygens (including phenoxy) is 1. The van der Waals surface area contributed by atoms with Gasteiger partial charge in [-0.2, -0.15) is 0 Å². The third kappa shape index (κ3) is 5.58. The van der Waals surface area contributed by atoms with Crippen molar-refractivity contribution in [3.8, 4) is 28.0 Å². The van der Waals surface area contributed by atoms with Crippen LogP contribution >= 0.6 is 0 Å². The summed E-state index contributed by atoms with van der Waals surface area (Å²) in [6.45, 7) is 12.2. The Kier molecular flexibility index (Phi) is 8.03. The molecule has 1 heteroatoms. The van der Waals surface area contributed by atoms with E-state index in [1.807, 2.05) is 0 Å². The van der Waals surface area contributed by atoms with Crippen LogP contribution in [0.3, 0.4) is 0 Å². The lowest BCUT2D eigenvalue weighted by Crippen LogP contribution is -2.05. The molecule has 0 bridgehead atoms. The standard InChI is InChI=1S/C37H42O/c1-25(2)10-8-11-26(3)22-23-38-30-20-18-29(19-21-30)31-14-9-15-34-32-12-6-7-13-33(32)37(36(31)34)35-24-27(4)16-17-28(35)5/h6-7,9,12-21,24-26,37H,8,10-11,22-23H2,1-5H3. The number of benzene rings is 4. The van der Waals surface area contributed by atoms with Gasteiger partial charge in [-0.3, -0.25) is 0 Å². The molecule has 0 saturated carbocycles. The van der Waals surface area contributed by atoms with E-state index >= 15 is 0 Å². The molecule has 38 heavy (non-hydrogen) atoms. The second-order valence-corrected chi connectivity index (χ2v) is 11.7. The highest BCUT2D eigenvalue weighted by molar-refractivity contribution is 5.88. The molecule has 0 N–H and O–H groups in total. The van der Waals surface area contributed by atoms with Gasteiger partial charge >= 0.3 is 0 Å². The smallest absolute Gasteiger partial charge is 0.119 e. The van der Waals surface area contributed by atoms with Crippen LogP contribution in [-0.4, -0.2) is 6.61 Å². The number of rotatable bonds is 10. The van der Waals surface area contributed by atoms with E-state index in [0.717, 1.165) is 24.7 Å². The predicted molar refractivity (Wildman–Crippen MR) is 162 cm³/mol. The van der Waals surface area contributed by atoms with Gasteiger partial charge < -0.3 is 4.74 Å². The fraction of sp³-hybridized carbons (Fsp3) is 0.351. The Balaban J connectivity index is 1.39. The van der Waals surface area contributed by atoms with E-state index in [-0.39, 0.29) is 5.92 Å². The van der Waals surface area contributed by atoms with Gasteiger partial charge in [0.25, 0.3) is 0 Å². The SMILES string of the molecule is Cc1ccc(C)c(C2c3ccccc3-c3cccc(-c4ccc(OCCC(C)CCCC(C)C)cc4)c32)c1. The Hall–Kier alpha value is -3.32. The molecule has 0 fully saturated rings. The lowest BCUT2D eigenvalue weighted by Gasteiger charge is -2.21. The second kappa shape index (κ2) is 11.6. The van der Waals surface area contributed by atoms with E-state index in [1.165, 1.54) is 69.3 Å². The van der Waals surface area contributed by atoms with Crippen molar-refractivity contribution in [1.29, 1.82) is 0 Å². The summed E-state index contributed by atoms with van der Waals surface area (Å²) in [4.78, 5) is 0. The van der Waals surface area contributed by atoms with E-state index in [0.29, 0.717) is 5.92 Å². The largest absolute Gasteiger partial charge is 0.494 e. The Morgan fingerprint density at radius 2 is 1.42 bits per heavy atom. The molecule has 2 atom stereocenters. The van der Waals surface area contributed by atoms with Crippen LogP contribution in [0.15, 0.2) is 84.9 Å². The Bertz CT molecular complexity index is 1380. The number of aryl methyl sites for hydroxylation is 2. The lowest BCUT2D eigenvalue weighted by atomic mass is 9.82. The molecule has 4 aromatic carbocycles. The zero-order valence-electron chi connectivity index (χ0n) is 23.8. The molecular formula is C37H42O. The third-order valence-electron chi connectivity index (χ3n) is 8.23. The second-order valence-electron chi connectivity index (χ2n) is 11.7. The molecule has 0 heterocycles. The van der Waals surface area contributed by atoms with Gasteiger partial charge in [0, 0.05) is 5.92 Å². The molecule has 0 radical (unpaired) electrons. The molecule has 0 aromatic heterocycles. The minimum atomic E-state index is 0.241. The lowest BCUT2D eigenvalue weighted by molar-refractivity contribution is 0.276. The van der Waals surface area contributed by atoms with Crippen molar-refractivity contribution in [3.63, 3.8) is 0 Å². The van der Waals surface area contributed by atoms with Crippen LogP contribution in [0.1, 0.15) is 80.2 Å². The fourth-order valence-electron chi connectivity index (χ4n) is 6.03. The van der Waals surface area contributed by atoms with Crippen LogP contribution in [0.2, 0.25) is 0 Å². The first-order chi connectivity index (χ1) is 18.4. The van der Waals surface area contributed by atoms with Crippen LogP contribution in [-0.2, 0) is 0 Å². The van der Waals surface area contributed by atoms with Crippen LogP contribution in [0.4, 0.5) is 0 Å². The minimum Gasteiger partial charge on any atom is -0.494 e. The van der Waals surface area contributed by atoms with Crippen molar-refractivity contribution >= 4 is 0 Å². The van der Waals surface area contributed by atoms with Gasteiger partial charge in [0.1, 0.15) is 5.75 Å². The highest BCUT2D eigenvalue weighted by Gasteiger charge is 2.32. The van der Waals surface area contributed by atoms with Crippen molar-refractivity contribution in [3.05, 3.63) is 113 Å². The van der Waals surface area contributed by atoms with Crippen LogP contribution in [0.25, 0.3) is 22.3 Å². The molecule has 4 aromatic rings. The van der Waals surface area contributed by atoms with Crippen LogP contribution < -0.4 is 4.74 Å². The molecule has 1 nitrogen and oxygen atoms in total. The highest BCUT2D eigenvalue weighted by Crippen LogP contribution is 2.52. The monoisotopic (exact) mass is 502 g/mol. The zero-order chi connectivity index (χ0) is 26.6. The molecule has 5 rings (SSSR count). The van der Waals surface area contributed by atoms with Crippen LogP contribution in [0, 0.1) is 25.7 Å². The normalized spacial score (nSPS) is 14.8. The molecule has 196 valence electrons. The van der Waals surface area contributed by atoms with Gasteiger partial charge in [-0.1, -0.05) is 118 Å². The van der Waals surface area contributed by atoms with Crippen molar-refractivity contribution in [2.45, 2.75) is 66.2 Å². The van der Waals surface area contributed by atoms with Crippen molar-refractivity contribution in [2.24, 2.45) is 11.8 Å². The summed E-state index contributed by atoms with van der Waals surface area (Å²) in [7, 11) is 0. The van der Waals surface area contributed by atoms with Crippen LogP contribution in [0.5, 0.6) is 5.75 Å². The van der Waals surface area contributed by atoms with E-state index in [4.69, 9.17) is 4.74 Å². The third-order valence-corrected chi connectivity index (χ3v) is 8.23. The molecule has 1 aliphatic carbocycles. The Labute approximate surface area is 229 Å². The molecule has 2 unspecified atom stereocenters. The average molecular weight is 503 g/mol. The number of hydrogen-bond donors (Lipinski definition) is 0. The Morgan fingerprint density at radius 3 is 2.21 bits per heavy atom. The predicted octanol–water partition coefficient (Wildman–Crippen LogP) is 10.4. The molecule has 0 amide bonds. The summed E-state index contributed by atoms with van der Waals surface area (Å²) in [5, 5.41) is 0. The average Bonchev–Trinajstić information content (AvgIpc) is 3.25. The van der Waals surface area contributed by atoms with Gasteiger partial charge in [0.05, 0.1) is 6.61 Å². The van der Waals surface area contributed by atoms with Crippen molar-refractivity contribution < 1.29 is 4.74 Å². The maximum Gasteiger partial charge on any atom is 0.119 e. The first-order valence-corrected chi connectivity index (χ1v) is 14.4. The summed E-state index contributed by atoms with van der Waals surface area (Å²) in [5.74, 6) is 2.71. The van der Waals surface area contributed by atoms with E-state index < -0.39 is 0 Å². The minimum absolute atomic E-state index is 0.241. The summed E-state index contributed by atoms with van der Waals surface area (Å²) in [6.07, 6.45) is 5.05. The topological polar surface area (TPSA) is 9.23 Å². The Morgan fingerprint density at radius 1 is 0.684 bits per heavy atom. The molecular weight excluding hydrogens is 460 g/mol. The van der Waals surface area contributed by atoms with E-state index in [1.54, 1.807) is 0 Å². The fourth-order valence-corrected chi connectivity index (χ4v) is 6.03. The summed E-state index contributed by atoms with van der Waals surface area (Å²) in [5.41, 5.74) is 12.2. The summed E-state index contributed by atoms with van der Waals surface area (Å²) in [6, 6.07) is 31.4. The van der Waals surface area contributed by atoms with Gasteiger partial charge in [0.2, 0.25) is 0 Å². The molecule has 0 aliphatic heterocycles.